The number of rotatable bonds is 4. The molecule has 0 saturated heterocycles. The van der Waals surface area contributed by atoms with Gasteiger partial charge >= 0.3 is 6.09 Å². The third-order valence-corrected chi connectivity index (χ3v) is 6.73. The van der Waals surface area contributed by atoms with Crippen molar-refractivity contribution < 1.29 is 29.3 Å². The molecule has 0 aromatic heterocycles. The van der Waals surface area contributed by atoms with E-state index in [2.05, 4.69) is 5.32 Å². The summed E-state index contributed by atoms with van der Waals surface area (Å²) < 4.78 is 6.06. The minimum absolute atomic E-state index is 0.174. The van der Waals surface area contributed by atoms with E-state index >= 15 is 0 Å². The van der Waals surface area contributed by atoms with Gasteiger partial charge < -0.3 is 20.3 Å². The average molecular weight is 467 g/mol. The van der Waals surface area contributed by atoms with Crippen LogP contribution in [-0.4, -0.2) is 44.5 Å². The maximum absolute atomic E-state index is 13.9. The third kappa shape index (κ3) is 3.12. The number of carboxylic acid groups (broad SMARTS) is 1. The summed E-state index contributed by atoms with van der Waals surface area (Å²) in [6.45, 7) is 10.5. The number of hydrogen-bond acceptors (Lipinski definition) is 5. The predicted octanol–water partition coefficient (Wildman–Crippen LogP) is 3.72. The van der Waals surface area contributed by atoms with E-state index in [0.717, 1.165) is 10.5 Å². The molecule has 8 heteroatoms. The third-order valence-electron chi connectivity index (χ3n) is 6.73. The lowest BCUT2D eigenvalue weighted by atomic mass is 9.82. The minimum atomic E-state index is -2.18. The van der Waals surface area contributed by atoms with Crippen LogP contribution in [0, 0.1) is 0 Å². The van der Waals surface area contributed by atoms with Crippen molar-refractivity contribution in [3.63, 3.8) is 0 Å². The van der Waals surface area contributed by atoms with Gasteiger partial charge in [0, 0.05) is 22.2 Å². The van der Waals surface area contributed by atoms with Crippen molar-refractivity contribution in [2.24, 2.45) is 0 Å². The SMILES string of the molecule is CC(C)c1ccc2c(c1)OC1(O)c3ccccc3C(=O)C21NC(=O)[C@@H](C)N(C(=O)O)C(C)(C)C. The molecule has 4 rings (SSSR count). The van der Waals surface area contributed by atoms with Crippen molar-refractivity contribution >= 4 is 17.8 Å². The second kappa shape index (κ2) is 7.56. The molecule has 0 radical (unpaired) electrons. The van der Waals surface area contributed by atoms with Gasteiger partial charge in [-0.3, -0.25) is 14.5 Å². The number of nitrogens with zero attached hydrogens (tertiary/aromatic N) is 1. The summed E-state index contributed by atoms with van der Waals surface area (Å²) in [6, 6.07) is 10.7. The van der Waals surface area contributed by atoms with Crippen molar-refractivity contribution in [2.45, 2.75) is 70.4 Å². The Labute approximate surface area is 198 Å². The quantitative estimate of drug-likeness (QED) is 0.632. The molecule has 0 saturated carbocycles. The van der Waals surface area contributed by atoms with Crippen molar-refractivity contribution in [1.29, 1.82) is 0 Å². The van der Waals surface area contributed by atoms with Crippen molar-refractivity contribution in [3.05, 3.63) is 64.7 Å². The molecule has 1 aliphatic heterocycles. The van der Waals surface area contributed by atoms with Crippen LogP contribution >= 0.6 is 0 Å². The largest absolute Gasteiger partial charge is 0.465 e. The molecule has 34 heavy (non-hydrogen) atoms. The number of ketones is 1. The Balaban J connectivity index is 1.87. The summed E-state index contributed by atoms with van der Waals surface area (Å²) in [4.78, 5) is 40.4. The highest BCUT2D eigenvalue weighted by Crippen LogP contribution is 2.58. The Hall–Kier alpha value is -3.39. The fraction of sp³-hybridized carbons (Fsp3) is 0.423. The number of carbonyl (C=O) groups is 3. The Kier molecular flexibility index (Phi) is 5.28. The zero-order chi connectivity index (χ0) is 25.2. The van der Waals surface area contributed by atoms with Crippen LogP contribution in [0.4, 0.5) is 4.79 Å². The van der Waals surface area contributed by atoms with Gasteiger partial charge in [-0.2, -0.15) is 0 Å². The molecule has 2 aliphatic rings. The summed E-state index contributed by atoms with van der Waals surface area (Å²) in [5.74, 6) is -2.94. The van der Waals surface area contributed by atoms with Gasteiger partial charge in [-0.05, 0) is 45.2 Å². The molecule has 180 valence electrons. The topological polar surface area (TPSA) is 116 Å². The van der Waals surface area contributed by atoms with Gasteiger partial charge in [0.2, 0.25) is 17.2 Å². The van der Waals surface area contributed by atoms with E-state index in [9.17, 15) is 24.6 Å². The van der Waals surface area contributed by atoms with Gasteiger partial charge in [0.05, 0.1) is 0 Å². The van der Waals surface area contributed by atoms with E-state index in [4.69, 9.17) is 4.74 Å². The summed E-state index contributed by atoms with van der Waals surface area (Å²) in [5, 5.41) is 24.4. The van der Waals surface area contributed by atoms with Gasteiger partial charge in [-0.1, -0.05) is 50.2 Å². The van der Waals surface area contributed by atoms with Crippen molar-refractivity contribution in [3.8, 4) is 5.75 Å². The number of nitrogens with one attached hydrogen (secondary N) is 1. The first kappa shape index (κ1) is 23.8. The number of aliphatic hydroxyl groups is 1. The van der Waals surface area contributed by atoms with Crippen LogP contribution in [0.1, 0.15) is 74.5 Å². The first-order valence-corrected chi connectivity index (χ1v) is 11.3. The summed E-state index contributed by atoms with van der Waals surface area (Å²) in [7, 11) is 0. The standard InChI is InChI=1S/C26H30N2O6/c1-14(2)16-11-12-19-20(13-16)34-26(33)18-10-8-7-9-17(18)21(29)25(19,26)27-22(30)15(3)28(23(31)32)24(4,5)6/h7-15,33H,1-6H3,(H,27,30)(H,31,32)/t15-,25?,26?/m1/s1. The summed E-state index contributed by atoms with van der Waals surface area (Å²) in [5.41, 5.74) is -1.06. The molecule has 8 nitrogen and oxygen atoms in total. The van der Waals surface area contributed by atoms with Crippen LogP contribution in [0.15, 0.2) is 42.5 Å². The first-order valence-electron chi connectivity index (χ1n) is 11.3. The maximum Gasteiger partial charge on any atom is 0.408 e. The maximum atomic E-state index is 13.9. The Morgan fingerprint density at radius 1 is 1.06 bits per heavy atom. The summed E-state index contributed by atoms with van der Waals surface area (Å²) in [6.07, 6.45) is -1.27. The number of fused-ring (bicyclic) bond motifs is 5. The van der Waals surface area contributed by atoms with Gasteiger partial charge in [0.15, 0.2) is 0 Å². The van der Waals surface area contributed by atoms with Crippen LogP contribution < -0.4 is 10.1 Å². The van der Waals surface area contributed by atoms with E-state index < -0.39 is 40.7 Å². The average Bonchev–Trinajstić information content (AvgIpc) is 3.09. The van der Waals surface area contributed by atoms with Gasteiger partial charge in [-0.15, -0.1) is 0 Å². The molecular weight excluding hydrogens is 436 g/mol. The van der Waals surface area contributed by atoms with Crippen LogP contribution in [-0.2, 0) is 16.1 Å². The lowest BCUT2D eigenvalue weighted by Gasteiger charge is -2.40. The van der Waals surface area contributed by atoms with Gasteiger partial charge in [0.1, 0.15) is 11.8 Å². The lowest BCUT2D eigenvalue weighted by molar-refractivity contribution is -0.176. The molecule has 1 aliphatic carbocycles. The number of amides is 2. The van der Waals surface area contributed by atoms with Crippen molar-refractivity contribution in [2.75, 3.05) is 0 Å². The number of Topliss-reactive ketones (excluding diaryl/α,β-unsaturated/α-hetero) is 1. The Bertz CT molecular complexity index is 1200. The minimum Gasteiger partial charge on any atom is -0.465 e. The summed E-state index contributed by atoms with van der Waals surface area (Å²) >= 11 is 0. The van der Waals surface area contributed by atoms with E-state index in [1.807, 2.05) is 19.9 Å². The second-order valence-corrected chi connectivity index (χ2v) is 10.3. The Morgan fingerprint density at radius 2 is 1.71 bits per heavy atom. The van der Waals surface area contributed by atoms with E-state index in [1.54, 1.807) is 57.2 Å². The second-order valence-electron chi connectivity index (χ2n) is 10.3. The Morgan fingerprint density at radius 3 is 2.29 bits per heavy atom. The van der Waals surface area contributed by atoms with E-state index in [-0.39, 0.29) is 17.0 Å². The van der Waals surface area contributed by atoms with Gasteiger partial charge in [0.25, 0.3) is 5.79 Å². The number of benzene rings is 2. The van der Waals surface area contributed by atoms with Crippen LogP contribution in [0.5, 0.6) is 5.75 Å². The van der Waals surface area contributed by atoms with E-state index in [1.165, 1.54) is 6.92 Å². The van der Waals surface area contributed by atoms with Crippen LogP contribution in [0.3, 0.4) is 0 Å². The molecular formula is C26H30N2O6. The zero-order valence-corrected chi connectivity index (χ0v) is 20.2. The fourth-order valence-electron chi connectivity index (χ4n) is 5.07. The van der Waals surface area contributed by atoms with Crippen molar-refractivity contribution in [1.82, 2.24) is 10.2 Å². The van der Waals surface area contributed by atoms with Crippen LogP contribution in [0.2, 0.25) is 0 Å². The predicted molar refractivity (Wildman–Crippen MR) is 125 cm³/mol. The normalized spacial score (nSPS) is 23.6. The molecule has 1 heterocycles. The number of hydrogen-bond donors (Lipinski definition) is 3. The van der Waals surface area contributed by atoms with E-state index in [0.29, 0.717) is 11.3 Å². The highest BCUT2D eigenvalue weighted by atomic mass is 16.6. The molecule has 0 spiro atoms. The molecule has 2 aromatic carbocycles. The highest BCUT2D eigenvalue weighted by molar-refractivity contribution is 6.12. The monoisotopic (exact) mass is 466 g/mol. The molecule has 3 atom stereocenters. The number of carbonyl (C=O) groups excluding carboxylic acids is 2. The fourth-order valence-corrected chi connectivity index (χ4v) is 5.07. The molecule has 2 amide bonds. The number of ether oxygens (including phenoxy) is 1. The molecule has 2 unspecified atom stereocenters. The zero-order valence-electron chi connectivity index (χ0n) is 20.2. The smallest absolute Gasteiger partial charge is 0.408 e. The molecule has 0 fully saturated rings. The lowest BCUT2D eigenvalue weighted by Crippen LogP contribution is -2.64. The first-order chi connectivity index (χ1) is 15.8. The molecule has 0 bridgehead atoms. The molecule has 3 N–H and O–H groups in total. The molecule has 2 aromatic rings. The van der Waals surface area contributed by atoms with Crippen LogP contribution in [0.25, 0.3) is 0 Å². The highest BCUT2D eigenvalue weighted by Gasteiger charge is 2.71. The van der Waals surface area contributed by atoms with Gasteiger partial charge in [-0.25, -0.2) is 4.79 Å².